The number of hydrogen-bond donors (Lipinski definition) is 0. The summed E-state index contributed by atoms with van der Waals surface area (Å²) in [6.45, 7) is 0. The van der Waals surface area contributed by atoms with Crippen LogP contribution in [0.4, 0.5) is 11.4 Å². The molecule has 0 bridgehead atoms. The van der Waals surface area contributed by atoms with Crippen LogP contribution in [0.5, 0.6) is 23.0 Å². The van der Waals surface area contributed by atoms with Gasteiger partial charge in [0.2, 0.25) is 0 Å². The normalized spacial score (nSPS) is 11.1. The smallest absolute Gasteiger partial charge is 0.128 e. The van der Waals surface area contributed by atoms with Crippen molar-refractivity contribution in [2.75, 3.05) is 28.4 Å². The van der Waals surface area contributed by atoms with Crippen LogP contribution in [0.1, 0.15) is 11.1 Å². The number of nitrogens with zero attached hydrogens (tertiary/aromatic N) is 2. The summed E-state index contributed by atoms with van der Waals surface area (Å²) < 4.78 is 21.8. The van der Waals surface area contributed by atoms with Crippen LogP contribution in [-0.4, -0.2) is 40.9 Å². The van der Waals surface area contributed by atoms with Gasteiger partial charge in [0, 0.05) is 35.7 Å². The van der Waals surface area contributed by atoms with Crippen molar-refractivity contribution in [2.45, 2.75) is 0 Å². The van der Waals surface area contributed by atoms with Crippen LogP contribution < -0.4 is 18.9 Å². The second kappa shape index (κ2) is 11.7. The Balaban J connectivity index is 1.56. The Morgan fingerprint density at radius 3 is 1.19 bits per heavy atom. The van der Waals surface area contributed by atoms with Crippen LogP contribution in [0, 0.1) is 0 Å². The van der Waals surface area contributed by atoms with Gasteiger partial charge in [0.15, 0.2) is 0 Å². The zero-order valence-corrected chi connectivity index (χ0v) is 20.8. The minimum Gasteiger partial charge on any atom is -0.497 e. The van der Waals surface area contributed by atoms with Gasteiger partial charge in [-0.05, 0) is 83.9 Å². The van der Waals surface area contributed by atoms with E-state index in [1.807, 2.05) is 97.4 Å². The van der Waals surface area contributed by atoms with Gasteiger partial charge in [-0.25, -0.2) is 0 Å². The quantitative estimate of drug-likeness (QED) is 0.245. The molecule has 4 aromatic carbocycles. The SMILES string of the molecule is COc1ccc(C=Nc2ccc(-c3ccc(N=Cc4ccc(OC)cc4)cc3OC)c(OC)c2)cc1. The molecule has 0 radical (unpaired) electrons. The largest absolute Gasteiger partial charge is 0.497 e. The fraction of sp³-hybridized carbons (Fsp3) is 0.133. The molecule has 0 aliphatic heterocycles. The van der Waals surface area contributed by atoms with E-state index in [0.717, 1.165) is 45.1 Å². The highest BCUT2D eigenvalue weighted by Crippen LogP contribution is 2.40. The topological polar surface area (TPSA) is 61.6 Å². The lowest BCUT2D eigenvalue weighted by Crippen LogP contribution is -1.92. The first kappa shape index (κ1) is 24.5. The van der Waals surface area contributed by atoms with Gasteiger partial charge >= 0.3 is 0 Å². The zero-order valence-electron chi connectivity index (χ0n) is 20.8. The molecule has 0 unspecified atom stereocenters. The van der Waals surface area contributed by atoms with Gasteiger partial charge in [-0.3, -0.25) is 9.98 Å². The Kier molecular flexibility index (Phi) is 7.98. The summed E-state index contributed by atoms with van der Waals surface area (Å²) in [5.41, 5.74) is 5.33. The Labute approximate surface area is 211 Å². The summed E-state index contributed by atoms with van der Waals surface area (Å²) in [6, 6.07) is 27.1. The van der Waals surface area contributed by atoms with E-state index in [1.54, 1.807) is 28.4 Å². The van der Waals surface area contributed by atoms with Crippen LogP contribution in [0.3, 0.4) is 0 Å². The van der Waals surface area contributed by atoms with Gasteiger partial charge < -0.3 is 18.9 Å². The van der Waals surface area contributed by atoms with Crippen molar-refractivity contribution in [3.8, 4) is 34.1 Å². The molecule has 182 valence electrons. The molecule has 0 saturated heterocycles. The molecule has 0 aliphatic rings. The third kappa shape index (κ3) is 5.91. The number of ether oxygens (including phenoxy) is 4. The molecule has 0 amide bonds. The van der Waals surface area contributed by atoms with E-state index < -0.39 is 0 Å². The molecule has 0 heterocycles. The first-order valence-electron chi connectivity index (χ1n) is 11.4. The lowest BCUT2D eigenvalue weighted by Gasteiger charge is -2.13. The lowest BCUT2D eigenvalue weighted by atomic mass is 10.0. The number of hydrogen-bond acceptors (Lipinski definition) is 6. The molecule has 6 nitrogen and oxygen atoms in total. The third-order valence-corrected chi connectivity index (χ3v) is 5.62. The van der Waals surface area contributed by atoms with Crippen LogP contribution in [0.2, 0.25) is 0 Å². The maximum absolute atomic E-state index is 5.69. The fourth-order valence-corrected chi connectivity index (χ4v) is 3.64. The van der Waals surface area contributed by atoms with Crippen molar-refractivity contribution < 1.29 is 18.9 Å². The molecule has 0 saturated carbocycles. The monoisotopic (exact) mass is 480 g/mol. The number of aliphatic imine (C=N–C) groups is 2. The first-order valence-corrected chi connectivity index (χ1v) is 11.4. The highest BCUT2D eigenvalue weighted by Gasteiger charge is 2.12. The van der Waals surface area contributed by atoms with E-state index >= 15 is 0 Å². The van der Waals surface area contributed by atoms with Crippen LogP contribution in [0.15, 0.2) is 94.9 Å². The van der Waals surface area contributed by atoms with Crippen molar-refractivity contribution in [2.24, 2.45) is 9.98 Å². The number of rotatable bonds is 9. The molecule has 0 fully saturated rings. The van der Waals surface area contributed by atoms with Gasteiger partial charge in [-0.2, -0.15) is 0 Å². The second-order valence-corrected chi connectivity index (χ2v) is 7.83. The molecule has 0 atom stereocenters. The standard InChI is InChI=1S/C30H28N2O4/c1-33-25-11-5-21(6-12-25)19-31-23-9-15-27(29(17-23)35-3)28-16-10-24(18-30(28)36-4)32-20-22-7-13-26(34-2)14-8-22/h5-20H,1-4H3. The highest BCUT2D eigenvalue weighted by molar-refractivity contribution is 5.85. The van der Waals surface area contributed by atoms with Crippen molar-refractivity contribution in [3.63, 3.8) is 0 Å². The number of methoxy groups -OCH3 is 4. The van der Waals surface area contributed by atoms with Crippen LogP contribution in [-0.2, 0) is 0 Å². The maximum Gasteiger partial charge on any atom is 0.128 e. The molecule has 0 N–H and O–H groups in total. The minimum atomic E-state index is 0.701. The van der Waals surface area contributed by atoms with Gasteiger partial charge in [0.05, 0.1) is 39.8 Å². The summed E-state index contributed by atoms with van der Waals surface area (Å²) in [5.74, 6) is 3.02. The Morgan fingerprint density at radius 1 is 0.472 bits per heavy atom. The highest BCUT2D eigenvalue weighted by atomic mass is 16.5. The van der Waals surface area contributed by atoms with E-state index in [-0.39, 0.29) is 0 Å². The van der Waals surface area contributed by atoms with Gasteiger partial charge in [0.25, 0.3) is 0 Å². The molecule has 4 rings (SSSR count). The molecular formula is C30H28N2O4. The Hall–Kier alpha value is -4.58. The van der Waals surface area contributed by atoms with Crippen molar-refractivity contribution in [1.82, 2.24) is 0 Å². The molecule has 4 aromatic rings. The minimum absolute atomic E-state index is 0.701. The Bertz CT molecular complexity index is 1250. The average molecular weight is 481 g/mol. The van der Waals surface area contributed by atoms with Crippen LogP contribution in [0.25, 0.3) is 11.1 Å². The van der Waals surface area contributed by atoms with E-state index in [4.69, 9.17) is 18.9 Å². The number of benzene rings is 4. The summed E-state index contributed by atoms with van der Waals surface area (Å²) >= 11 is 0. The van der Waals surface area contributed by atoms with Gasteiger partial charge in [0.1, 0.15) is 23.0 Å². The van der Waals surface area contributed by atoms with Crippen molar-refractivity contribution in [1.29, 1.82) is 0 Å². The first-order chi connectivity index (χ1) is 17.6. The van der Waals surface area contributed by atoms with E-state index in [9.17, 15) is 0 Å². The molecule has 6 heteroatoms. The fourth-order valence-electron chi connectivity index (χ4n) is 3.64. The van der Waals surface area contributed by atoms with Crippen molar-refractivity contribution >= 4 is 23.8 Å². The van der Waals surface area contributed by atoms with Crippen molar-refractivity contribution in [3.05, 3.63) is 96.1 Å². The maximum atomic E-state index is 5.69. The zero-order chi connectivity index (χ0) is 25.3. The van der Waals surface area contributed by atoms with E-state index in [1.165, 1.54) is 0 Å². The predicted molar refractivity (Wildman–Crippen MR) is 145 cm³/mol. The van der Waals surface area contributed by atoms with Crippen LogP contribution >= 0.6 is 0 Å². The summed E-state index contributed by atoms with van der Waals surface area (Å²) in [7, 11) is 6.59. The molecular weight excluding hydrogens is 452 g/mol. The molecule has 0 aliphatic carbocycles. The van der Waals surface area contributed by atoms with Gasteiger partial charge in [-0.15, -0.1) is 0 Å². The van der Waals surface area contributed by atoms with Gasteiger partial charge in [-0.1, -0.05) is 0 Å². The summed E-state index contributed by atoms with van der Waals surface area (Å²) in [4.78, 5) is 9.18. The molecule has 0 aromatic heterocycles. The molecule has 36 heavy (non-hydrogen) atoms. The second-order valence-electron chi connectivity index (χ2n) is 7.83. The van der Waals surface area contributed by atoms with E-state index in [0.29, 0.717) is 11.5 Å². The molecule has 0 spiro atoms. The Morgan fingerprint density at radius 2 is 0.861 bits per heavy atom. The average Bonchev–Trinajstić information content (AvgIpc) is 2.95. The lowest BCUT2D eigenvalue weighted by molar-refractivity contribution is 0.410. The van der Waals surface area contributed by atoms with E-state index in [2.05, 4.69) is 9.98 Å². The summed E-state index contributed by atoms with van der Waals surface area (Å²) in [5, 5.41) is 0. The third-order valence-electron chi connectivity index (χ3n) is 5.62. The summed E-state index contributed by atoms with van der Waals surface area (Å²) in [6.07, 6.45) is 3.62. The predicted octanol–water partition coefficient (Wildman–Crippen LogP) is 6.89.